The van der Waals surface area contributed by atoms with Crippen molar-refractivity contribution in [3.63, 3.8) is 0 Å². The molecule has 1 aromatic heterocycles. The molecular weight excluding hydrogens is 245 g/mol. The van der Waals surface area contributed by atoms with E-state index in [1.807, 2.05) is 0 Å². The average Bonchev–Trinajstić information content (AvgIpc) is 2.17. The number of pyridine rings is 1. The highest BCUT2D eigenvalue weighted by atomic mass is 35.5. The highest BCUT2D eigenvalue weighted by Crippen LogP contribution is 2.30. The Kier molecular flexibility index (Phi) is 3.81. The number of nitro groups is 1. The van der Waals surface area contributed by atoms with Gasteiger partial charge in [-0.2, -0.15) is 0 Å². The van der Waals surface area contributed by atoms with Gasteiger partial charge in [0.15, 0.2) is 0 Å². The number of rotatable bonds is 3. The monoisotopic (exact) mass is 249 g/mol. The predicted molar refractivity (Wildman–Crippen MR) is 55.3 cm³/mol. The second-order valence-corrected chi connectivity index (χ2v) is 3.06. The summed E-state index contributed by atoms with van der Waals surface area (Å²) in [6, 6.07) is 1.27. The van der Waals surface area contributed by atoms with Crippen LogP contribution in [0.25, 0.3) is 0 Å². The van der Waals surface area contributed by atoms with Crippen LogP contribution in [0, 0.1) is 10.1 Å². The molecule has 1 rings (SSSR count). The molecule has 0 saturated heterocycles. The van der Waals surface area contributed by atoms with E-state index in [0.29, 0.717) is 0 Å². The van der Waals surface area contributed by atoms with Crippen LogP contribution in [0.2, 0.25) is 5.15 Å². The third-order valence-electron chi connectivity index (χ3n) is 1.46. The topological polar surface area (TPSA) is 85.1 Å². The van der Waals surface area contributed by atoms with Crippen molar-refractivity contribution < 1.29 is 9.72 Å². The normalized spacial score (nSPS) is 9.73. The maximum Gasteiger partial charge on any atom is 0.329 e. The summed E-state index contributed by atoms with van der Waals surface area (Å²) in [6.07, 6.45) is 1.25. The molecule has 6 nitrogen and oxygen atoms in total. The lowest BCUT2D eigenvalue weighted by Gasteiger charge is -2.03. The van der Waals surface area contributed by atoms with Gasteiger partial charge >= 0.3 is 5.69 Å². The van der Waals surface area contributed by atoms with E-state index in [1.165, 1.54) is 12.3 Å². The third kappa shape index (κ3) is 2.77. The first kappa shape index (κ1) is 11.7. The van der Waals surface area contributed by atoms with Crippen molar-refractivity contribution in [2.24, 2.45) is 0 Å². The van der Waals surface area contributed by atoms with Crippen molar-refractivity contribution in [2.75, 3.05) is 11.2 Å². The largest absolute Gasteiger partial charge is 0.329 e. The number of anilines is 1. The first-order valence-corrected chi connectivity index (χ1v) is 4.62. The molecule has 0 spiro atoms. The zero-order valence-electron chi connectivity index (χ0n) is 7.24. The molecular formula is C7H5Cl2N3O3. The Morgan fingerprint density at radius 2 is 2.33 bits per heavy atom. The van der Waals surface area contributed by atoms with Crippen LogP contribution in [0.3, 0.4) is 0 Å². The number of carbonyl (C=O) groups is 1. The first-order valence-electron chi connectivity index (χ1n) is 3.71. The zero-order valence-corrected chi connectivity index (χ0v) is 8.75. The highest BCUT2D eigenvalue weighted by Gasteiger charge is 2.20. The molecule has 80 valence electrons. The number of hydrogen-bond acceptors (Lipinski definition) is 4. The SMILES string of the molecule is O=C(CCl)Nc1ccnc(Cl)c1[N+](=O)[O-]. The number of amides is 1. The molecule has 0 aromatic carbocycles. The molecule has 0 fully saturated rings. The summed E-state index contributed by atoms with van der Waals surface area (Å²) in [6.45, 7) is 0. The summed E-state index contributed by atoms with van der Waals surface area (Å²) >= 11 is 10.8. The molecule has 1 aromatic rings. The molecule has 15 heavy (non-hydrogen) atoms. The van der Waals surface area contributed by atoms with Crippen LogP contribution >= 0.6 is 23.2 Å². The van der Waals surface area contributed by atoms with Gasteiger partial charge in [0.25, 0.3) is 0 Å². The number of carbonyl (C=O) groups excluding carboxylic acids is 1. The summed E-state index contributed by atoms with van der Waals surface area (Å²) in [5, 5.41) is 12.6. The van der Waals surface area contributed by atoms with Crippen molar-refractivity contribution >= 4 is 40.5 Å². The molecule has 0 aliphatic carbocycles. The quantitative estimate of drug-likeness (QED) is 0.383. The molecule has 0 unspecified atom stereocenters. The van der Waals surface area contributed by atoms with Gasteiger partial charge in [0.05, 0.1) is 4.92 Å². The Balaban J connectivity index is 3.11. The number of alkyl halides is 1. The van der Waals surface area contributed by atoms with Crippen molar-refractivity contribution in [3.8, 4) is 0 Å². The molecule has 1 amide bonds. The number of nitrogens with zero attached hydrogens (tertiary/aromatic N) is 2. The minimum Gasteiger partial charge on any atom is -0.319 e. The van der Waals surface area contributed by atoms with E-state index in [9.17, 15) is 14.9 Å². The van der Waals surface area contributed by atoms with Gasteiger partial charge in [0.2, 0.25) is 11.1 Å². The lowest BCUT2D eigenvalue weighted by Crippen LogP contribution is -2.14. The second-order valence-electron chi connectivity index (χ2n) is 2.44. The minimum atomic E-state index is -0.723. The fourth-order valence-electron chi connectivity index (χ4n) is 0.887. The van der Waals surface area contributed by atoms with Crippen molar-refractivity contribution in [2.45, 2.75) is 0 Å². The van der Waals surface area contributed by atoms with E-state index < -0.39 is 16.5 Å². The van der Waals surface area contributed by atoms with E-state index in [2.05, 4.69) is 10.3 Å². The molecule has 0 radical (unpaired) electrons. The molecule has 8 heteroatoms. The van der Waals surface area contributed by atoms with Gasteiger partial charge in [-0.05, 0) is 6.07 Å². The van der Waals surface area contributed by atoms with Gasteiger partial charge in [-0.25, -0.2) is 4.98 Å². The Bertz CT molecular complexity index is 410. The first-order chi connectivity index (χ1) is 7.06. The lowest BCUT2D eigenvalue weighted by molar-refractivity contribution is -0.384. The van der Waals surface area contributed by atoms with E-state index in [4.69, 9.17) is 23.2 Å². The summed E-state index contributed by atoms with van der Waals surface area (Å²) in [5.74, 6) is -0.848. The summed E-state index contributed by atoms with van der Waals surface area (Å²) in [5.41, 5.74) is -0.469. The Morgan fingerprint density at radius 1 is 1.67 bits per heavy atom. The summed E-state index contributed by atoms with van der Waals surface area (Å²) in [7, 11) is 0. The van der Waals surface area contributed by atoms with E-state index in [0.717, 1.165) is 0 Å². The average molecular weight is 250 g/mol. The zero-order chi connectivity index (χ0) is 11.4. The van der Waals surface area contributed by atoms with E-state index in [-0.39, 0.29) is 16.7 Å². The molecule has 0 aliphatic rings. The second kappa shape index (κ2) is 4.90. The van der Waals surface area contributed by atoms with Crippen LogP contribution in [0.5, 0.6) is 0 Å². The van der Waals surface area contributed by atoms with Crippen molar-refractivity contribution in [1.82, 2.24) is 4.98 Å². The van der Waals surface area contributed by atoms with Gasteiger partial charge < -0.3 is 5.32 Å². The van der Waals surface area contributed by atoms with Crippen molar-refractivity contribution in [1.29, 1.82) is 0 Å². The standard InChI is InChI=1S/C7H5Cl2N3O3/c8-3-5(13)11-4-1-2-10-7(9)6(4)12(14)15/h1-2H,3H2,(H,10,11,13). The van der Waals surface area contributed by atoms with Crippen LogP contribution < -0.4 is 5.32 Å². The molecule has 1 N–H and O–H groups in total. The lowest BCUT2D eigenvalue weighted by atomic mass is 10.3. The smallest absolute Gasteiger partial charge is 0.319 e. The van der Waals surface area contributed by atoms with Crippen molar-refractivity contribution in [3.05, 3.63) is 27.5 Å². The minimum absolute atomic E-state index is 0.0225. The van der Waals surface area contributed by atoms with Crippen LogP contribution in [-0.2, 0) is 4.79 Å². The van der Waals surface area contributed by atoms with Gasteiger partial charge in [-0.1, -0.05) is 11.6 Å². The predicted octanol–water partition coefficient (Wildman–Crippen LogP) is 1.82. The van der Waals surface area contributed by atoms with Crippen LogP contribution in [-0.4, -0.2) is 21.7 Å². The number of hydrogen-bond donors (Lipinski definition) is 1. The number of halogens is 2. The Morgan fingerprint density at radius 3 is 2.87 bits per heavy atom. The van der Waals surface area contributed by atoms with Gasteiger partial charge in [0.1, 0.15) is 11.6 Å². The summed E-state index contributed by atoms with van der Waals surface area (Å²) < 4.78 is 0. The molecule has 1 heterocycles. The number of nitrogens with one attached hydrogen (secondary N) is 1. The fourth-order valence-corrected chi connectivity index (χ4v) is 1.18. The fraction of sp³-hybridized carbons (Fsp3) is 0.143. The molecule has 0 bridgehead atoms. The maximum absolute atomic E-state index is 10.9. The van der Waals surface area contributed by atoms with E-state index in [1.54, 1.807) is 0 Å². The van der Waals surface area contributed by atoms with Gasteiger partial charge in [-0.3, -0.25) is 14.9 Å². The molecule has 0 aliphatic heterocycles. The van der Waals surface area contributed by atoms with Crippen LogP contribution in [0.15, 0.2) is 12.3 Å². The maximum atomic E-state index is 10.9. The van der Waals surface area contributed by atoms with Gasteiger partial charge in [0, 0.05) is 6.20 Å². The molecule has 0 atom stereocenters. The Labute approximate surface area is 94.4 Å². The third-order valence-corrected chi connectivity index (χ3v) is 1.98. The Hall–Kier alpha value is -1.40. The molecule has 0 saturated carbocycles. The van der Waals surface area contributed by atoms with Gasteiger partial charge in [-0.15, -0.1) is 11.6 Å². The van der Waals surface area contributed by atoms with E-state index >= 15 is 0 Å². The van der Waals surface area contributed by atoms with Crippen LogP contribution in [0.4, 0.5) is 11.4 Å². The highest BCUT2D eigenvalue weighted by molar-refractivity contribution is 6.32. The number of aromatic nitrogens is 1. The van der Waals surface area contributed by atoms with Crippen LogP contribution in [0.1, 0.15) is 0 Å². The summed E-state index contributed by atoms with van der Waals surface area (Å²) in [4.78, 5) is 24.4.